The zero-order valence-electron chi connectivity index (χ0n) is 13.3. The summed E-state index contributed by atoms with van der Waals surface area (Å²) in [5.41, 5.74) is 7.54. The number of hydrogen-bond donors (Lipinski definition) is 1. The third-order valence-corrected chi connectivity index (χ3v) is 3.32. The Morgan fingerprint density at radius 1 is 1.09 bits per heavy atom. The van der Waals surface area contributed by atoms with Gasteiger partial charge in [0.2, 0.25) is 0 Å². The van der Waals surface area contributed by atoms with Crippen molar-refractivity contribution in [2.75, 3.05) is 13.7 Å². The van der Waals surface area contributed by atoms with Crippen LogP contribution in [0, 0.1) is 0 Å². The average Bonchev–Trinajstić information content (AvgIpc) is 2.60. The first-order valence-electron chi connectivity index (χ1n) is 7.42. The van der Waals surface area contributed by atoms with Crippen molar-refractivity contribution in [3.05, 3.63) is 59.7 Å². The first-order chi connectivity index (χ1) is 11.2. The van der Waals surface area contributed by atoms with Crippen LogP contribution in [0.15, 0.2) is 48.5 Å². The minimum Gasteiger partial charge on any atom is -0.490 e. The number of ether oxygens (including phenoxy) is 3. The zero-order valence-corrected chi connectivity index (χ0v) is 13.3. The molecular formula is C18H21NO4. The smallest absolute Gasteiger partial charge is 0.327 e. The molecule has 2 aromatic rings. The minimum atomic E-state index is -0.845. The van der Waals surface area contributed by atoms with Gasteiger partial charge < -0.3 is 19.9 Å². The molecule has 0 radical (unpaired) electrons. The summed E-state index contributed by atoms with van der Waals surface area (Å²) >= 11 is 0. The Balaban J connectivity index is 2.17. The minimum absolute atomic E-state index is 0.434. The fourth-order valence-corrected chi connectivity index (χ4v) is 2.10. The molecule has 122 valence electrons. The molecule has 0 aromatic heterocycles. The van der Waals surface area contributed by atoms with E-state index in [9.17, 15) is 4.79 Å². The highest BCUT2D eigenvalue weighted by molar-refractivity contribution is 5.77. The molecule has 1 atom stereocenters. The van der Waals surface area contributed by atoms with Crippen LogP contribution in [-0.2, 0) is 16.1 Å². The maximum absolute atomic E-state index is 11.6. The summed E-state index contributed by atoms with van der Waals surface area (Å²) in [6.45, 7) is 2.80. The predicted octanol–water partition coefficient (Wildman–Crippen LogP) is 2.84. The van der Waals surface area contributed by atoms with E-state index in [0.29, 0.717) is 30.3 Å². The van der Waals surface area contributed by atoms with Crippen molar-refractivity contribution in [3.63, 3.8) is 0 Å². The van der Waals surface area contributed by atoms with Gasteiger partial charge in [0.15, 0.2) is 11.5 Å². The summed E-state index contributed by atoms with van der Waals surface area (Å²) in [6, 6.07) is 14.2. The van der Waals surface area contributed by atoms with Gasteiger partial charge in [-0.05, 0) is 30.2 Å². The largest absolute Gasteiger partial charge is 0.490 e. The van der Waals surface area contributed by atoms with Crippen molar-refractivity contribution >= 4 is 5.97 Å². The molecule has 23 heavy (non-hydrogen) atoms. The van der Waals surface area contributed by atoms with Crippen molar-refractivity contribution in [2.24, 2.45) is 5.73 Å². The average molecular weight is 315 g/mol. The van der Waals surface area contributed by atoms with E-state index in [1.165, 1.54) is 7.11 Å². The van der Waals surface area contributed by atoms with Gasteiger partial charge in [0.05, 0.1) is 13.7 Å². The predicted molar refractivity (Wildman–Crippen MR) is 87.3 cm³/mol. The van der Waals surface area contributed by atoms with E-state index < -0.39 is 12.0 Å². The molecule has 0 amide bonds. The Morgan fingerprint density at radius 3 is 2.48 bits per heavy atom. The molecule has 0 fully saturated rings. The fraction of sp³-hybridized carbons (Fsp3) is 0.278. The maximum atomic E-state index is 11.6. The third kappa shape index (κ3) is 4.47. The summed E-state index contributed by atoms with van der Waals surface area (Å²) in [5.74, 6) is 0.669. The second-order valence-electron chi connectivity index (χ2n) is 4.91. The number of methoxy groups -OCH3 is 1. The Labute approximate surface area is 136 Å². The molecule has 2 aromatic carbocycles. The van der Waals surface area contributed by atoms with Gasteiger partial charge in [0.1, 0.15) is 12.6 Å². The Morgan fingerprint density at radius 2 is 1.83 bits per heavy atom. The van der Waals surface area contributed by atoms with Crippen LogP contribution in [0.1, 0.15) is 24.1 Å². The molecule has 0 heterocycles. The van der Waals surface area contributed by atoms with Crippen LogP contribution >= 0.6 is 0 Å². The van der Waals surface area contributed by atoms with Crippen molar-refractivity contribution in [1.29, 1.82) is 0 Å². The molecule has 0 spiro atoms. The molecule has 0 saturated heterocycles. The molecular weight excluding hydrogens is 294 g/mol. The van der Waals surface area contributed by atoms with Gasteiger partial charge in [-0.2, -0.15) is 0 Å². The van der Waals surface area contributed by atoms with E-state index in [2.05, 4.69) is 4.74 Å². The van der Waals surface area contributed by atoms with Gasteiger partial charge in [0, 0.05) is 0 Å². The number of benzene rings is 2. The monoisotopic (exact) mass is 315 g/mol. The van der Waals surface area contributed by atoms with Crippen molar-refractivity contribution < 1.29 is 19.0 Å². The van der Waals surface area contributed by atoms with Crippen LogP contribution in [0.2, 0.25) is 0 Å². The fourth-order valence-electron chi connectivity index (χ4n) is 2.10. The lowest BCUT2D eigenvalue weighted by Crippen LogP contribution is -2.22. The molecule has 0 aliphatic rings. The van der Waals surface area contributed by atoms with E-state index in [1.807, 2.05) is 37.3 Å². The van der Waals surface area contributed by atoms with E-state index in [0.717, 1.165) is 5.56 Å². The van der Waals surface area contributed by atoms with Crippen LogP contribution in [0.25, 0.3) is 0 Å². The second-order valence-corrected chi connectivity index (χ2v) is 4.91. The quantitative estimate of drug-likeness (QED) is 0.796. The van der Waals surface area contributed by atoms with Crippen molar-refractivity contribution in [2.45, 2.75) is 19.6 Å². The lowest BCUT2D eigenvalue weighted by Gasteiger charge is -2.15. The SMILES string of the molecule is CCOc1cc([C@@H](N)C(=O)OC)ccc1OCc1ccccc1. The number of rotatable bonds is 7. The highest BCUT2D eigenvalue weighted by Crippen LogP contribution is 2.31. The molecule has 0 aliphatic heterocycles. The number of nitrogens with two attached hydrogens (primary N) is 1. The van der Waals surface area contributed by atoms with Crippen LogP contribution in [0.3, 0.4) is 0 Å². The summed E-state index contributed by atoms with van der Waals surface area (Å²) in [7, 11) is 1.31. The number of carbonyl (C=O) groups is 1. The summed E-state index contributed by atoms with van der Waals surface area (Å²) in [6.07, 6.45) is 0. The van der Waals surface area contributed by atoms with Gasteiger partial charge in [-0.1, -0.05) is 36.4 Å². The van der Waals surface area contributed by atoms with E-state index in [-0.39, 0.29) is 0 Å². The van der Waals surface area contributed by atoms with Gasteiger partial charge >= 0.3 is 5.97 Å². The molecule has 2 N–H and O–H groups in total. The molecule has 2 rings (SSSR count). The standard InChI is InChI=1S/C18H21NO4/c1-3-22-16-11-14(17(19)18(20)21-2)9-10-15(16)23-12-13-7-5-4-6-8-13/h4-11,17H,3,12,19H2,1-2H3/t17-/m1/s1. The zero-order chi connectivity index (χ0) is 16.7. The topological polar surface area (TPSA) is 70.8 Å². The Kier molecular flexibility index (Phi) is 6.00. The summed E-state index contributed by atoms with van der Waals surface area (Å²) in [5, 5.41) is 0. The van der Waals surface area contributed by atoms with Gasteiger partial charge in [-0.15, -0.1) is 0 Å². The van der Waals surface area contributed by atoms with E-state index in [1.54, 1.807) is 18.2 Å². The Bertz CT molecular complexity index is 643. The van der Waals surface area contributed by atoms with Crippen molar-refractivity contribution in [3.8, 4) is 11.5 Å². The molecule has 0 aliphatic carbocycles. The highest BCUT2D eigenvalue weighted by Gasteiger charge is 2.18. The molecule has 5 heteroatoms. The molecule has 0 saturated carbocycles. The second kappa shape index (κ2) is 8.19. The normalized spacial score (nSPS) is 11.6. The number of esters is 1. The van der Waals surface area contributed by atoms with E-state index >= 15 is 0 Å². The third-order valence-electron chi connectivity index (χ3n) is 3.32. The number of hydrogen-bond acceptors (Lipinski definition) is 5. The molecule has 0 bridgehead atoms. The Hall–Kier alpha value is -2.53. The summed E-state index contributed by atoms with van der Waals surface area (Å²) in [4.78, 5) is 11.6. The number of carbonyl (C=O) groups excluding carboxylic acids is 1. The van der Waals surface area contributed by atoms with E-state index in [4.69, 9.17) is 15.2 Å². The molecule has 5 nitrogen and oxygen atoms in total. The molecule has 0 unspecified atom stereocenters. The maximum Gasteiger partial charge on any atom is 0.327 e. The lowest BCUT2D eigenvalue weighted by molar-refractivity contribution is -0.142. The van der Waals surface area contributed by atoms with Crippen LogP contribution in [0.4, 0.5) is 0 Å². The first kappa shape index (κ1) is 16.8. The van der Waals surface area contributed by atoms with Crippen LogP contribution in [-0.4, -0.2) is 19.7 Å². The van der Waals surface area contributed by atoms with Crippen LogP contribution < -0.4 is 15.2 Å². The highest BCUT2D eigenvalue weighted by atomic mass is 16.5. The summed E-state index contributed by atoms with van der Waals surface area (Å²) < 4.78 is 16.1. The van der Waals surface area contributed by atoms with Gasteiger partial charge in [0.25, 0.3) is 0 Å². The lowest BCUT2D eigenvalue weighted by atomic mass is 10.1. The van der Waals surface area contributed by atoms with Gasteiger partial charge in [-0.3, -0.25) is 4.79 Å². The first-order valence-corrected chi connectivity index (χ1v) is 7.42. The van der Waals surface area contributed by atoms with Crippen molar-refractivity contribution in [1.82, 2.24) is 0 Å². The van der Waals surface area contributed by atoms with Crippen LogP contribution in [0.5, 0.6) is 11.5 Å². The van der Waals surface area contributed by atoms with Gasteiger partial charge in [-0.25, -0.2) is 0 Å².